The maximum absolute atomic E-state index is 14.0. The van der Waals surface area contributed by atoms with Crippen LogP contribution in [0.3, 0.4) is 0 Å². The molecular weight excluding hydrogens is 339 g/mol. The number of likely N-dealkylation sites (N-methyl/N-ethyl adjacent to an activating group) is 1. The van der Waals surface area contributed by atoms with Crippen LogP contribution in [0, 0.1) is 5.82 Å². The zero-order chi connectivity index (χ0) is 17.7. The molecule has 0 bridgehead atoms. The van der Waals surface area contributed by atoms with E-state index < -0.39 is 15.8 Å². The lowest BCUT2D eigenvalue weighted by molar-refractivity contribution is -0.130. The predicted molar refractivity (Wildman–Crippen MR) is 83.3 cm³/mol. The molecule has 1 heterocycles. The second-order valence-electron chi connectivity index (χ2n) is 5.07. The first-order chi connectivity index (χ1) is 11.3. The lowest BCUT2D eigenvalue weighted by Crippen LogP contribution is -2.27. The van der Waals surface area contributed by atoms with Gasteiger partial charge >= 0.3 is 0 Å². The minimum absolute atomic E-state index is 0.0491. The fraction of sp³-hybridized carbons (Fsp3) is 0.267. The molecule has 1 N–H and O–H groups in total. The molecule has 2 aromatic rings. The van der Waals surface area contributed by atoms with Crippen molar-refractivity contribution in [3.05, 3.63) is 48.2 Å². The highest BCUT2D eigenvalue weighted by atomic mass is 32.2. The third-order valence-electron chi connectivity index (χ3n) is 3.08. The number of sulfonamides is 1. The van der Waals surface area contributed by atoms with Gasteiger partial charge in [-0.1, -0.05) is 0 Å². The Balaban J connectivity index is 2.06. The first-order valence-electron chi connectivity index (χ1n) is 6.94. The third-order valence-corrected chi connectivity index (χ3v) is 4.48. The Bertz CT molecular complexity index is 803. The fourth-order valence-corrected chi connectivity index (χ4v) is 2.70. The molecule has 0 unspecified atom stereocenters. The van der Waals surface area contributed by atoms with Gasteiger partial charge in [-0.25, -0.2) is 17.5 Å². The Morgan fingerprint density at radius 1 is 1.33 bits per heavy atom. The second-order valence-corrected chi connectivity index (χ2v) is 6.84. The molecule has 2 rings (SSSR count). The van der Waals surface area contributed by atoms with Gasteiger partial charge in [0.2, 0.25) is 10.0 Å². The first kappa shape index (κ1) is 18.0. The summed E-state index contributed by atoms with van der Waals surface area (Å²) >= 11 is 0. The Kier molecular flexibility index (Phi) is 5.58. The van der Waals surface area contributed by atoms with Crippen LogP contribution >= 0.6 is 0 Å². The topological polar surface area (TPSA) is 88.8 Å². The number of hydrogen-bond donors (Lipinski definition) is 1. The van der Waals surface area contributed by atoms with E-state index >= 15 is 0 Å². The molecule has 7 nitrogen and oxygen atoms in total. The summed E-state index contributed by atoms with van der Waals surface area (Å²) in [4.78, 5) is 12.5. The normalized spacial score (nSPS) is 11.3. The number of nitrogens with zero attached hydrogens (tertiary/aromatic N) is 1. The molecule has 0 aliphatic carbocycles. The lowest BCUT2D eigenvalue weighted by Gasteiger charge is -2.12. The average Bonchev–Trinajstić information content (AvgIpc) is 3.04. The number of ether oxygens (including phenoxy) is 1. The molecule has 1 aromatic heterocycles. The Morgan fingerprint density at radius 2 is 2.08 bits per heavy atom. The smallest absolute Gasteiger partial charge is 0.259 e. The zero-order valence-corrected chi connectivity index (χ0v) is 14.0. The largest absolute Gasteiger partial charge is 0.481 e. The van der Waals surface area contributed by atoms with Crippen LogP contribution in [0.2, 0.25) is 0 Å². The van der Waals surface area contributed by atoms with Gasteiger partial charge in [-0.3, -0.25) is 4.79 Å². The van der Waals surface area contributed by atoms with Crippen LogP contribution in [0.15, 0.2) is 45.9 Å². The van der Waals surface area contributed by atoms with Crippen molar-refractivity contribution < 1.29 is 26.8 Å². The number of hydrogen-bond acceptors (Lipinski definition) is 5. The number of rotatable bonds is 7. The molecule has 0 spiro atoms. The van der Waals surface area contributed by atoms with E-state index in [1.54, 1.807) is 26.2 Å². The highest BCUT2D eigenvalue weighted by molar-refractivity contribution is 7.89. The summed E-state index contributed by atoms with van der Waals surface area (Å²) in [6, 6.07) is 6.44. The summed E-state index contributed by atoms with van der Waals surface area (Å²) in [6.07, 6.45) is 1.42. The van der Waals surface area contributed by atoms with Crippen molar-refractivity contribution in [3.63, 3.8) is 0 Å². The first-order valence-corrected chi connectivity index (χ1v) is 8.42. The molecule has 0 atom stereocenters. The molecule has 0 fully saturated rings. The SMILES string of the molecule is CN(C)C(=O)COc1ccc(S(=O)(=O)NCc2ccco2)cc1F. The van der Waals surface area contributed by atoms with Crippen molar-refractivity contribution in [1.82, 2.24) is 9.62 Å². The molecule has 0 saturated heterocycles. The summed E-state index contributed by atoms with van der Waals surface area (Å²) in [6.45, 7) is -0.390. The predicted octanol–water partition coefficient (Wildman–Crippen LogP) is 1.36. The quantitative estimate of drug-likeness (QED) is 0.809. The van der Waals surface area contributed by atoms with Crippen LogP contribution in [0.25, 0.3) is 0 Å². The maximum Gasteiger partial charge on any atom is 0.259 e. The van der Waals surface area contributed by atoms with Gasteiger partial charge < -0.3 is 14.1 Å². The average molecular weight is 356 g/mol. The number of nitrogens with one attached hydrogen (secondary N) is 1. The van der Waals surface area contributed by atoms with Crippen LogP contribution in [0.1, 0.15) is 5.76 Å². The molecule has 130 valence electrons. The minimum Gasteiger partial charge on any atom is -0.481 e. The van der Waals surface area contributed by atoms with Gasteiger partial charge in [-0.15, -0.1) is 0 Å². The van der Waals surface area contributed by atoms with E-state index in [2.05, 4.69) is 4.72 Å². The number of furan rings is 1. The summed E-state index contributed by atoms with van der Waals surface area (Å²) in [7, 11) is -0.813. The number of carbonyl (C=O) groups excluding carboxylic acids is 1. The molecule has 1 aromatic carbocycles. The monoisotopic (exact) mass is 356 g/mol. The van der Waals surface area contributed by atoms with Gasteiger partial charge in [0.1, 0.15) is 5.76 Å². The Labute approximate surface area is 139 Å². The molecular formula is C15H17FN2O5S. The highest BCUT2D eigenvalue weighted by Crippen LogP contribution is 2.21. The van der Waals surface area contributed by atoms with Crippen molar-refractivity contribution in [3.8, 4) is 5.75 Å². The minimum atomic E-state index is -3.90. The van der Waals surface area contributed by atoms with E-state index in [0.29, 0.717) is 5.76 Å². The lowest BCUT2D eigenvalue weighted by atomic mass is 10.3. The van der Waals surface area contributed by atoms with Gasteiger partial charge in [-0.2, -0.15) is 0 Å². The number of benzene rings is 1. The summed E-state index contributed by atoms with van der Waals surface area (Å²) in [5, 5.41) is 0. The number of amides is 1. The summed E-state index contributed by atoms with van der Waals surface area (Å²) < 4.78 is 50.6. The molecule has 0 radical (unpaired) electrons. The zero-order valence-electron chi connectivity index (χ0n) is 13.2. The van der Waals surface area contributed by atoms with Gasteiger partial charge in [0, 0.05) is 14.1 Å². The van der Waals surface area contributed by atoms with Gasteiger partial charge in [0.15, 0.2) is 18.2 Å². The fourth-order valence-electron chi connectivity index (χ4n) is 1.70. The molecule has 0 aliphatic rings. The van der Waals surface area contributed by atoms with E-state index in [1.807, 2.05) is 0 Å². The molecule has 0 saturated carbocycles. The number of carbonyl (C=O) groups is 1. The van der Waals surface area contributed by atoms with Crippen molar-refractivity contribution in [2.45, 2.75) is 11.4 Å². The van der Waals surface area contributed by atoms with E-state index in [0.717, 1.165) is 6.07 Å². The van der Waals surface area contributed by atoms with Crippen molar-refractivity contribution in [2.75, 3.05) is 20.7 Å². The van der Waals surface area contributed by atoms with Crippen molar-refractivity contribution in [1.29, 1.82) is 0 Å². The Hall–Kier alpha value is -2.39. The maximum atomic E-state index is 14.0. The summed E-state index contributed by atoms with van der Waals surface area (Å²) in [5.41, 5.74) is 0. The highest BCUT2D eigenvalue weighted by Gasteiger charge is 2.17. The van der Waals surface area contributed by atoms with Crippen LogP contribution in [-0.2, 0) is 21.4 Å². The molecule has 1 amide bonds. The molecule has 0 aliphatic heterocycles. The van der Waals surface area contributed by atoms with Crippen molar-refractivity contribution in [2.24, 2.45) is 0 Å². The van der Waals surface area contributed by atoms with Crippen LogP contribution in [0.4, 0.5) is 4.39 Å². The molecule has 9 heteroatoms. The van der Waals surface area contributed by atoms with E-state index in [9.17, 15) is 17.6 Å². The standard InChI is InChI=1S/C15H17FN2O5S/c1-18(2)15(19)10-23-14-6-5-12(8-13(14)16)24(20,21)17-9-11-4-3-7-22-11/h3-8,17H,9-10H2,1-2H3. The van der Waals surface area contributed by atoms with E-state index in [1.165, 1.54) is 23.3 Å². The van der Waals surface area contributed by atoms with Crippen LogP contribution < -0.4 is 9.46 Å². The third kappa shape index (κ3) is 4.56. The number of halogens is 1. The van der Waals surface area contributed by atoms with Crippen LogP contribution in [-0.4, -0.2) is 39.9 Å². The van der Waals surface area contributed by atoms with Gasteiger partial charge in [0.05, 0.1) is 17.7 Å². The van der Waals surface area contributed by atoms with Gasteiger partial charge in [0.25, 0.3) is 5.91 Å². The van der Waals surface area contributed by atoms with E-state index in [4.69, 9.17) is 9.15 Å². The molecule has 24 heavy (non-hydrogen) atoms. The second kappa shape index (κ2) is 7.45. The van der Waals surface area contributed by atoms with Crippen molar-refractivity contribution >= 4 is 15.9 Å². The Morgan fingerprint density at radius 3 is 2.67 bits per heavy atom. The van der Waals surface area contributed by atoms with Gasteiger partial charge in [-0.05, 0) is 30.3 Å². The summed E-state index contributed by atoms with van der Waals surface area (Å²) in [5.74, 6) is -0.981. The van der Waals surface area contributed by atoms with Crippen LogP contribution in [0.5, 0.6) is 5.75 Å². The van der Waals surface area contributed by atoms with E-state index in [-0.39, 0.29) is 29.7 Å².